The van der Waals surface area contributed by atoms with E-state index in [1.165, 1.54) is 12.8 Å². The van der Waals surface area contributed by atoms with Gasteiger partial charge in [-0.15, -0.1) is 0 Å². The van der Waals surface area contributed by atoms with E-state index in [0.29, 0.717) is 5.41 Å². The molecule has 1 fully saturated rings. The summed E-state index contributed by atoms with van der Waals surface area (Å²) in [7, 11) is 0. The van der Waals surface area contributed by atoms with E-state index < -0.39 is 0 Å². The van der Waals surface area contributed by atoms with Crippen LogP contribution in [0.5, 0.6) is 0 Å². The Hall–Kier alpha value is -1.51. The van der Waals surface area contributed by atoms with Crippen LogP contribution >= 0.6 is 0 Å². The van der Waals surface area contributed by atoms with Gasteiger partial charge < -0.3 is 10.6 Å². The van der Waals surface area contributed by atoms with Gasteiger partial charge in [0.15, 0.2) is 0 Å². The number of anilines is 1. The molecule has 2 rings (SSSR count). The van der Waals surface area contributed by atoms with Crippen LogP contribution in [-0.2, 0) is 0 Å². The van der Waals surface area contributed by atoms with Gasteiger partial charge in [-0.25, -0.2) is 0 Å². The molecule has 3 heteroatoms. The number of hydrogen-bond acceptors (Lipinski definition) is 2. The van der Waals surface area contributed by atoms with Crippen molar-refractivity contribution in [1.29, 1.82) is 0 Å². The Morgan fingerprint density at radius 2 is 2.05 bits per heavy atom. The Kier molecular flexibility index (Phi) is 4.13. The molecule has 1 aromatic rings. The Morgan fingerprint density at radius 3 is 2.58 bits per heavy atom. The number of carbonyl (C=O) groups excluding carboxylic acids is 1. The molecule has 1 aliphatic carbocycles. The largest absolute Gasteiger partial charge is 0.385 e. The minimum absolute atomic E-state index is 0.0471. The predicted molar refractivity (Wildman–Crippen MR) is 79.6 cm³/mol. The molecule has 0 bridgehead atoms. The van der Waals surface area contributed by atoms with Crippen molar-refractivity contribution in [1.82, 2.24) is 5.32 Å². The van der Waals surface area contributed by atoms with Crippen molar-refractivity contribution < 1.29 is 4.79 Å². The molecule has 1 amide bonds. The first-order valence-electron chi connectivity index (χ1n) is 7.23. The molecule has 1 aliphatic rings. The third-order valence-corrected chi connectivity index (χ3v) is 4.19. The van der Waals surface area contributed by atoms with Gasteiger partial charge in [0.25, 0.3) is 5.91 Å². The number of amides is 1. The van der Waals surface area contributed by atoms with Crippen LogP contribution in [0.3, 0.4) is 0 Å². The number of carbonyl (C=O) groups is 1. The van der Waals surface area contributed by atoms with Crippen molar-refractivity contribution in [3.05, 3.63) is 29.3 Å². The molecule has 0 radical (unpaired) electrons. The quantitative estimate of drug-likeness (QED) is 0.823. The topological polar surface area (TPSA) is 41.1 Å². The Balaban J connectivity index is 1.97. The molecule has 0 aliphatic heterocycles. The lowest BCUT2D eigenvalue weighted by molar-refractivity contribution is 0.0944. The van der Waals surface area contributed by atoms with E-state index in [2.05, 4.69) is 24.5 Å². The highest BCUT2D eigenvalue weighted by atomic mass is 16.1. The van der Waals surface area contributed by atoms with E-state index in [0.717, 1.165) is 36.3 Å². The maximum atomic E-state index is 12.1. The van der Waals surface area contributed by atoms with Crippen LogP contribution in [0.25, 0.3) is 0 Å². The van der Waals surface area contributed by atoms with Crippen molar-refractivity contribution >= 4 is 11.6 Å². The lowest BCUT2D eigenvalue weighted by Crippen LogP contribution is -2.30. The van der Waals surface area contributed by atoms with Gasteiger partial charge in [-0.3, -0.25) is 4.79 Å². The number of hydrogen-bond donors (Lipinski definition) is 2. The summed E-state index contributed by atoms with van der Waals surface area (Å²) in [5.41, 5.74) is 3.37. The van der Waals surface area contributed by atoms with Crippen LogP contribution in [0.1, 0.15) is 49.0 Å². The zero-order valence-corrected chi connectivity index (χ0v) is 12.2. The van der Waals surface area contributed by atoms with Gasteiger partial charge >= 0.3 is 0 Å². The van der Waals surface area contributed by atoms with E-state index in [1.807, 2.05) is 25.1 Å². The van der Waals surface area contributed by atoms with Crippen molar-refractivity contribution in [2.45, 2.75) is 40.0 Å². The van der Waals surface area contributed by atoms with Crippen LogP contribution in [0.15, 0.2) is 18.2 Å². The highest BCUT2D eigenvalue weighted by Gasteiger charge is 2.40. The number of nitrogens with one attached hydrogen (secondary N) is 2. The summed E-state index contributed by atoms with van der Waals surface area (Å²) >= 11 is 0. The summed E-state index contributed by atoms with van der Waals surface area (Å²) in [5.74, 6) is 0.0471. The van der Waals surface area contributed by atoms with Gasteiger partial charge in [0.2, 0.25) is 0 Å². The van der Waals surface area contributed by atoms with Crippen LogP contribution in [0, 0.1) is 12.3 Å². The molecule has 0 unspecified atom stereocenters. The second-order valence-corrected chi connectivity index (χ2v) is 5.60. The molecule has 0 spiro atoms. The standard InChI is InChI=1S/C16H24N2O/c1-4-16(8-9-16)11-18-15(19)13-6-7-14(17-5-2)12(3)10-13/h6-7,10,17H,4-5,8-9,11H2,1-3H3,(H,18,19). The maximum Gasteiger partial charge on any atom is 0.251 e. The second-order valence-electron chi connectivity index (χ2n) is 5.60. The highest BCUT2D eigenvalue weighted by molar-refractivity contribution is 5.94. The van der Waals surface area contributed by atoms with Crippen molar-refractivity contribution in [3.63, 3.8) is 0 Å². The summed E-state index contributed by atoms with van der Waals surface area (Å²) in [6, 6.07) is 5.84. The lowest BCUT2D eigenvalue weighted by Gasteiger charge is -2.14. The Bertz CT molecular complexity index is 464. The highest BCUT2D eigenvalue weighted by Crippen LogP contribution is 2.47. The van der Waals surface area contributed by atoms with Gasteiger partial charge in [0.05, 0.1) is 0 Å². The molecule has 0 atom stereocenters. The Labute approximate surface area is 115 Å². The van der Waals surface area contributed by atoms with E-state index in [1.54, 1.807) is 0 Å². The fraction of sp³-hybridized carbons (Fsp3) is 0.562. The molecule has 0 aromatic heterocycles. The van der Waals surface area contributed by atoms with Gasteiger partial charge in [0.1, 0.15) is 0 Å². The monoisotopic (exact) mass is 260 g/mol. The van der Waals surface area contributed by atoms with Gasteiger partial charge in [-0.1, -0.05) is 6.92 Å². The molecular formula is C16H24N2O. The molecule has 0 heterocycles. The molecule has 104 valence electrons. The first kappa shape index (κ1) is 13.9. The maximum absolute atomic E-state index is 12.1. The van der Waals surface area contributed by atoms with Crippen LogP contribution in [0.4, 0.5) is 5.69 Å². The number of benzene rings is 1. The molecule has 3 nitrogen and oxygen atoms in total. The average Bonchev–Trinajstić information content (AvgIpc) is 3.19. The average molecular weight is 260 g/mol. The third kappa shape index (κ3) is 3.28. The van der Waals surface area contributed by atoms with Crippen molar-refractivity contribution in [2.24, 2.45) is 5.41 Å². The zero-order chi connectivity index (χ0) is 13.9. The van der Waals surface area contributed by atoms with E-state index in [9.17, 15) is 4.79 Å². The third-order valence-electron chi connectivity index (χ3n) is 4.19. The van der Waals surface area contributed by atoms with Crippen molar-refractivity contribution in [3.8, 4) is 0 Å². The first-order chi connectivity index (χ1) is 9.10. The summed E-state index contributed by atoms with van der Waals surface area (Å²) in [6.07, 6.45) is 3.66. The molecule has 0 saturated heterocycles. The van der Waals surface area contributed by atoms with Gasteiger partial charge in [-0.05, 0) is 62.3 Å². The number of rotatable bonds is 6. The van der Waals surface area contributed by atoms with Crippen molar-refractivity contribution in [2.75, 3.05) is 18.4 Å². The molecular weight excluding hydrogens is 236 g/mol. The molecule has 1 aromatic carbocycles. The minimum Gasteiger partial charge on any atom is -0.385 e. The van der Waals surface area contributed by atoms with Crippen LogP contribution in [-0.4, -0.2) is 19.0 Å². The molecule has 2 N–H and O–H groups in total. The first-order valence-corrected chi connectivity index (χ1v) is 7.23. The van der Waals surface area contributed by atoms with Gasteiger partial charge in [0, 0.05) is 24.3 Å². The summed E-state index contributed by atoms with van der Waals surface area (Å²) in [5, 5.41) is 6.36. The normalized spacial score (nSPS) is 15.9. The van der Waals surface area contributed by atoms with Crippen LogP contribution in [0.2, 0.25) is 0 Å². The summed E-state index contributed by atoms with van der Waals surface area (Å²) in [6.45, 7) is 8.01. The predicted octanol–water partition coefficient (Wildman–Crippen LogP) is 3.35. The van der Waals surface area contributed by atoms with Gasteiger partial charge in [-0.2, -0.15) is 0 Å². The smallest absolute Gasteiger partial charge is 0.251 e. The minimum atomic E-state index is 0.0471. The second kappa shape index (κ2) is 5.64. The van der Waals surface area contributed by atoms with Crippen LogP contribution < -0.4 is 10.6 Å². The van der Waals surface area contributed by atoms with E-state index >= 15 is 0 Å². The fourth-order valence-corrected chi connectivity index (χ4v) is 2.40. The summed E-state index contributed by atoms with van der Waals surface area (Å²) < 4.78 is 0. The summed E-state index contributed by atoms with van der Waals surface area (Å²) in [4.78, 5) is 12.1. The zero-order valence-electron chi connectivity index (χ0n) is 12.2. The molecule has 1 saturated carbocycles. The van der Waals surface area contributed by atoms with E-state index in [4.69, 9.17) is 0 Å². The fourth-order valence-electron chi connectivity index (χ4n) is 2.40. The lowest BCUT2D eigenvalue weighted by atomic mass is 10.0. The number of aryl methyl sites for hydroxylation is 1. The Morgan fingerprint density at radius 1 is 1.32 bits per heavy atom. The van der Waals surface area contributed by atoms with E-state index in [-0.39, 0.29) is 5.91 Å². The molecule has 19 heavy (non-hydrogen) atoms. The SMILES string of the molecule is CCNc1ccc(C(=O)NCC2(CC)CC2)cc1C.